The molecule has 2 rings (SSSR count). The van der Waals surface area contributed by atoms with Crippen molar-refractivity contribution in [1.82, 2.24) is 0 Å². The maximum Gasteiger partial charge on any atom is 0.338 e. The molecule has 6 nitrogen and oxygen atoms in total. The van der Waals surface area contributed by atoms with E-state index in [1.807, 2.05) is 20.8 Å². The zero-order chi connectivity index (χ0) is 13.9. The number of aliphatic hydroxyl groups excluding tert-OH is 2. The summed E-state index contributed by atoms with van der Waals surface area (Å²) in [4.78, 5) is 21.0. The van der Waals surface area contributed by atoms with Gasteiger partial charge in [0, 0.05) is 0 Å². The largest absolute Gasteiger partial charge is 0.508 e. The number of ether oxygens (including phenoxy) is 2. The minimum Gasteiger partial charge on any atom is -0.508 e. The Morgan fingerprint density at radius 1 is 1.11 bits per heavy atom. The van der Waals surface area contributed by atoms with Crippen LogP contribution in [0.2, 0.25) is 0 Å². The van der Waals surface area contributed by atoms with Gasteiger partial charge < -0.3 is 19.7 Å². The molecule has 0 aliphatic carbocycles. The maximum absolute atomic E-state index is 11.0. The smallest absolute Gasteiger partial charge is 0.338 e. The van der Waals surface area contributed by atoms with Crippen molar-refractivity contribution in [3.8, 4) is 0 Å². The first-order chi connectivity index (χ1) is 8.21. The van der Waals surface area contributed by atoms with Gasteiger partial charge in [0.1, 0.15) is 24.7 Å². The van der Waals surface area contributed by atoms with Crippen molar-refractivity contribution >= 4 is 11.9 Å². The van der Waals surface area contributed by atoms with Crippen molar-refractivity contribution in [3.63, 3.8) is 0 Å². The third-order valence-corrected chi connectivity index (χ3v) is 2.23. The van der Waals surface area contributed by atoms with Crippen molar-refractivity contribution in [2.45, 2.75) is 20.8 Å². The zero-order valence-corrected chi connectivity index (χ0v) is 10.5. The molecule has 0 saturated heterocycles. The number of carbonyl (C=O) groups is 2. The van der Waals surface area contributed by atoms with Gasteiger partial charge >= 0.3 is 11.9 Å². The Morgan fingerprint density at radius 2 is 1.72 bits per heavy atom. The summed E-state index contributed by atoms with van der Waals surface area (Å²) in [5.41, 5.74) is 0.0787. The molecule has 6 heteroatoms. The zero-order valence-electron chi connectivity index (χ0n) is 10.5. The Morgan fingerprint density at radius 3 is 1.89 bits per heavy atom. The van der Waals surface area contributed by atoms with E-state index in [0.29, 0.717) is 5.57 Å². The molecule has 0 saturated carbocycles. The van der Waals surface area contributed by atoms with Gasteiger partial charge in [-0.1, -0.05) is 20.8 Å². The average molecular weight is 256 g/mol. The SMILES string of the molecule is CC(C)(C)C1=C(O)COC1=O.O=C1C=C(O)CO1. The molecular formula is C12H16O6. The van der Waals surface area contributed by atoms with Crippen LogP contribution in [0, 0.1) is 5.41 Å². The number of cyclic esters (lactones) is 2. The Bertz CT molecular complexity index is 424. The lowest BCUT2D eigenvalue weighted by atomic mass is 9.86. The minimum absolute atomic E-state index is 0.00463. The Kier molecular flexibility index (Phi) is 4.00. The molecule has 0 radical (unpaired) electrons. The van der Waals surface area contributed by atoms with E-state index in [-0.39, 0.29) is 30.1 Å². The third kappa shape index (κ3) is 3.51. The van der Waals surface area contributed by atoms with Crippen LogP contribution in [0.5, 0.6) is 0 Å². The van der Waals surface area contributed by atoms with Crippen LogP contribution in [0.3, 0.4) is 0 Å². The summed E-state index contributed by atoms with van der Waals surface area (Å²) in [5, 5.41) is 17.6. The van der Waals surface area contributed by atoms with Crippen LogP contribution in [0.4, 0.5) is 0 Å². The lowest BCUT2D eigenvalue weighted by Crippen LogP contribution is -2.16. The van der Waals surface area contributed by atoms with E-state index in [1.54, 1.807) is 0 Å². The number of rotatable bonds is 0. The van der Waals surface area contributed by atoms with E-state index in [4.69, 9.17) is 5.11 Å². The molecule has 0 atom stereocenters. The first-order valence-corrected chi connectivity index (χ1v) is 5.38. The Balaban J connectivity index is 0.000000199. The van der Waals surface area contributed by atoms with E-state index < -0.39 is 11.9 Å². The van der Waals surface area contributed by atoms with Crippen LogP contribution >= 0.6 is 0 Å². The van der Waals surface area contributed by atoms with Crippen molar-refractivity contribution in [2.24, 2.45) is 5.41 Å². The van der Waals surface area contributed by atoms with Crippen LogP contribution in [-0.4, -0.2) is 35.4 Å². The van der Waals surface area contributed by atoms with Crippen molar-refractivity contribution in [3.05, 3.63) is 23.2 Å². The van der Waals surface area contributed by atoms with E-state index >= 15 is 0 Å². The monoisotopic (exact) mass is 256 g/mol. The summed E-state index contributed by atoms with van der Waals surface area (Å²) in [6.07, 6.45) is 1.06. The molecule has 0 spiro atoms. The van der Waals surface area contributed by atoms with Gasteiger partial charge in [-0.3, -0.25) is 0 Å². The standard InChI is InChI=1S/C8H12O3.C4H4O3/c1-8(2,3)6-5(9)4-11-7(6)10;5-3-1-4(6)7-2-3/h9H,4H2,1-3H3;1,5H,2H2. The van der Waals surface area contributed by atoms with Gasteiger partial charge in [0.15, 0.2) is 0 Å². The topological polar surface area (TPSA) is 93.1 Å². The molecule has 0 aromatic carbocycles. The fraction of sp³-hybridized carbons (Fsp3) is 0.500. The molecule has 2 N–H and O–H groups in total. The van der Waals surface area contributed by atoms with Crippen LogP contribution < -0.4 is 0 Å². The van der Waals surface area contributed by atoms with Gasteiger partial charge in [-0.15, -0.1) is 0 Å². The molecule has 2 aliphatic rings. The second-order valence-corrected chi connectivity index (χ2v) is 4.89. The van der Waals surface area contributed by atoms with Crippen LogP contribution in [0.1, 0.15) is 20.8 Å². The highest BCUT2D eigenvalue weighted by Gasteiger charge is 2.33. The minimum atomic E-state index is -0.461. The normalized spacial score (nSPS) is 18.9. The summed E-state index contributed by atoms with van der Waals surface area (Å²) >= 11 is 0. The van der Waals surface area contributed by atoms with Crippen LogP contribution in [0.15, 0.2) is 23.2 Å². The number of hydrogen-bond acceptors (Lipinski definition) is 6. The molecule has 0 aromatic heterocycles. The highest BCUT2D eigenvalue weighted by atomic mass is 16.6. The van der Waals surface area contributed by atoms with E-state index in [2.05, 4.69) is 9.47 Å². The van der Waals surface area contributed by atoms with Gasteiger partial charge in [0.05, 0.1) is 11.6 Å². The predicted molar refractivity (Wildman–Crippen MR) is 61.7 cm³/mol. The molecule has 0 fully saturated rings. The van der Waals surface area contributed by atoms with Crippen molar-refractivity contribution in [2.75, 3.05) is 13.2 Å². The summed E-state index contributed by atoms with van der Waals surface area (Å²) in [5.74, 6) is -0.778. The van der Waals surface area contributed by atoms with Crippen LogP contribution in [0.25, 0.3) is 0 Å². The Hall–Kier alpha value is -1.98. The second-order valence-electron chi connectivity index (χ2n) is 4.89. The molecule has 2 aliphatic heterocycles. The maximum atomic E-state index is 11.0. The molecular weight excluding hydrogens is 240 g/mol. The summed E-state index contributed by atoms with van der Waals surface area (Å²) < 4.78 is 8.92. The molecule has 2 heterocycles. The second kappa shape index (κ2) is 5.12. The van der Waals surface area contributed by atoms with Gasteiger partial charge in [-0.25, -0.2) is 9.59 Å². The molecule has 100 valence electrons. The first-order valence-electron chi connectivity index (χ1n) is 5.38. The number of hydrogen-bond donors (Lipinski definition) is 2. The van der Waals surface area contributed by atoms with E-state index in [9.17, 15) is 14.7 Å². The van der Waals surface area contributed by atoms with Gasteiger partial charge in [0.2, 0.25) is 0 Å². The molecule has 0 bridgehead atoms. The quantitative estimate of drug-likeness (QED) is 0.636. The number of carbonyl (C=O) groups excluding carboxylic acids is 2. The van der Waals surface area contributed by atoms with E-state index in [1.165, 1.54) is 0 Å². The summed E-state index contributed by atoms with van der Waals surface area (Å²) in [6.45, 7) is 5.67. The summed E-state index contributed by atoms with van der Waals surface area (Å²) in [7, 11) is 0. The fourth-order valence-electron chi connectivity index (χ4n) is 1.50. The van der Waals surface area contributed by atoms with Gasteiger partial charge in [0.25, 0.3) is 0 Å². The summed E-state index contributed by atoms with van der Waals surface area (Å²) in [6, 6.07) is 0. The lowest BCUT2D eigenvalue weighted by molar-refractivity contribution is -0.137. The predicted octanol–water partition coefficient (Wildman–Crippen LogP) is 1.39. The highest BCUT2D eigenvalue weighted by molar-refractivity contribution is 5.92. The van der Waals surface area contributed by atoms with Crippen molar-refractivity contribution < 1.29 is 29.3 Å². The van der Waals surface area contributed by atoms with Gasteiger partial charge in [-0.05, 0) is 5.41 Å². The van der Waals surface area contributed by atoms with Gasteiger partial charge in [-0.2, -0.15) is 0 Å². The highest BCUT2D eigenvalue weighted by Crippen LogP contribution is 2.31. The lowest BCUT2D eigenvalue weighted by Gasteiger charge is -2.16. The molecule has 18 heavy (non-hydrogen) atoms. The number of aliphatic hydroxyl groups is 2. The third-order valence-electron chi connectivity index (χ3n) is 2.23. The van der Waals surface area contributed by atoms with Crippen molar-refractivity contribution in [1.29, 1.82) is 0 Å². The van der Waals surface area contributed by atoms with Crippen LogP contribution in [-0.2, 0) is 19.1 Å². The average Bonchev–Trinajstić information content (AvgIpc) is 2.73. The number of esters is 2. The fourth-order valence-corrected chi connectivity index (χ4v) is 1.50. The Labute approximate surface area is 105 Å². The molecule has 0 unspecified atom stereocenters. The van der Waals surface area contributed by atoms with E-state index in [0.717, 1.165) is 6.08 Å². The molecule has 0 amide bonds. The first kappa shape index (κ1) is 14.1. The molecule has 0 aromatic rings.